The molecular weight excluding hydrogens is 471 g/mol. The number of anilines is 1. The molecule has 0 saturated carbocycles. The third-order valence-corrected chi connectivity index (χ3v) is 6.04. The van der Waals surface area contributed by atoms with E-state index in [9.17, 15) is 9.59 Å². The number of esters is 1. The first-order valence-electron chi connectivity index (χ1n) is 10.3. The predicted molar refractivity (Wildman–Crippen MR) is 125 cm³/mol. The van der Waals surface area contributed by atoms with Crippen molar-refractivity contribution >= 4 is 40.9 Å². The van der Waals surface area contributed by atoms with E-state index in [0.717, 1.165) is 5.56 Å². The van der Waals surface area contributed by atoms with Gasteiger partial charge in [-0.3, -0.25) is 14.5 Å². The van der Waals surface area contributed by atoms with Crippen molar-refractivity contribution in [2.24, 2.45) is 0 Å². The molecule has 1 saturated heterocycles. The Bertz CT molecular complexity index is 1010. The number of nitrogens with one attached hydrogen (secondary N) is 1. The number of piperidine rings is 1. The molecule has 2 aromatic rings. The largest absolute Gasteiger partial charge is 0.480 e. The fraction of sp³-hybridized carbons (Fsp3) is 0.409. The molecule has 1 aliphatic rings. The van der Waals surface area contributed by atoms with Crippen LogP contribution in [0.2, 0.25) is 10.0 Å². The lowest BCUT2D eigenvalue weighted by atomic mass is 10.0. The second-order valence-corrected chi connectivity index (χ2v) is 8.36. The van der Waals surface area contributed by atoms with Crippen molar-refractivity contribution in [2.75, 3.05) is 39.6 Å². The number of carbonyl (C=O) groups excluding carboxylic acids is 2. The van der Waals surface area contributed by atoms with Crippen LogP contribution in [-0.2, 0) is 20.9 Å². The number of pyridine rings is 1. The van der Waals surface area contributed by atoms with E-state index in [1.54, 1.807) is 13.2 Å². The molecule has 1 aromatic carbocycles. The molecule has 2 atom stereocenters. The first-order chi connectivity index (χ1) is 15.8. The minimum atomic E-state index is -0.402. The average molecular weight is 497 g/mol. The molecule has 1 aromatic heterocycles. The number of ether oxygens (including phenoxy) is 3. The molecule has 3 N–H and O–H groups in total. The number of likely N-dealkylation sites (tertiary alicyclic amines) is 1. The van der Waals surface area contributed by atoms with Crippen LogP contribution >= 0.6 is 23.2 Å². The fourth-order valence-electron chi connectivity index (χ4n) is 3.58. The Labute approximate surface area is 202 Å². The van der Waals surface area contributed by atoms with Gasteiger partial charge in [-0.1, -0.05) is 41.4 Å². The smallest absolute Gasteiger partial charge is 0.320 e. The van der Waals surface area contributed by atoms with Gasteiger partial charge in [0.05, 0.1) is 30.8 Å². The van der Waals surface area contributed by atoms with Gasteiger partial charge in [0.15, 0.2) is 0 Å². The Morgan fingerprint density at radius 1 is 1.24 bits per heavy atom. The summed E-state index contributed by atoms with van der Waals surface area (Å²) >= 11 is 12.1. The molecule has 1 aliphatic heterocycles. The van der Waals surface area contributed by atoms with Crippen LogP contribution in [0.15, 0.2) is 30.3 Å². The van der Waals surface area contributed by atoms with Crippen LogP contribution in [0.25, 0.3) is 0 Å². The topological polar surface area (TPSA) is 116 Å². The Kier molecular flexibility index (Phi) is 8.74. The Balaban J connectivity index is 1.55. The van der Waals surface area contributed by atoms with Gasteiger partial charge in [0.2, 0.25) is 5.88 Å². The van der Waals surface area contributed by atoms with E-state index >= 15 is 0 Å². The van der Waals surface area contributed by atoms with E-state index in [2.05, 4.69) is 10.3 Å². The van der Waals surface area contributed by atoms with Gasteiger partial charge < -0.3 is 25.3 Å². The van der Waals surface area contributed by atoms with Gasteiger partial charge in [0.25, 0.3) is 5.91 Å². The van der Waals surface area contributed by atoms with Crippen LogP contribution < -0.4 is 15.8 Å². The summed E-state index contributed by atoms with van der Waals surface area (Å²) in [6, 6.07) is 8.35. The normalized spacial score (nSPS) is 18.5. The number of nitrogens with zero attached hydrogens (tertiary/aromatic N) is 2. The van der Waals surface area contributed by atoms with E-state index in [1.165, 1.54) is 13.2 Å². The SMILES string of the molecule is COc1nc(N)c(Cl)cc1C(=O)N[C@H]1CCN(CC(=O)OCc2ccccc2Cl)C[C@H]1OC. The summed E-state index contributed by atoms with van der Waals surface area (Å²) in [5, 5.41) is 3.66. The number of aromatic nitrogens is 1. The predicted octanol–water partition coefficient (Wildman–Crippen LogP) is 2.54. The number of nitrogen functional groups attached to an aromatic ring is 1. The summed E-state index contributed by atoms with van der Waals surface area (Å²) in [4.78, 5) is 31.1. The van der Waals surface area contributed by atoms with Gasteiger partial charge in [-0.05, 0) is 18.6 Å². The molecule has 2 heterocycles. The zero-order valence-electron chi connectivity index (χ0n) is 18.3. The van der Waals surface area contributed by atoms with E-state index in [4.69, 9.17) is 43.1 Å². The maximum atomic E-state index is 12.8. The van der Waals surface area contributed by atoms with Crippen molar-refractivity contribution in [3.8, 4) is 5.88 Å². The maximum absolute atomic E-state index is 12.8. The molecule has 9 nitrogen and oxygen atoms in total. The van der Waals surface area contributed by atoms with Gasteiger partial charge in [-0.2, -0.15) is 4.98 Å². The number of nitrogens with two attached hydrogens (primary N) is 1. The van der Waals surface area contributed by atoms with Crippen molar-refractivity contribution in [1.82, 2.24) is 15.2 Å². The Morgan fingerprint density at radius 3 is 2.70 bits per heavy atom. The average Bonchev–Trinajstić information content (AvgIpc) is 2.80. The highest BCUT2D eigenvalue weighted by Crippen LogP contribution is 2.25. The van der Waals surface area contributed by atoms with Crippen molar-refractivity contribution in [2.45, 2.75) is 25.2 Å². The molecule has 0 aliphatic carbocycles. The number of halogens is 2. The van der Waals surface area contributed by atoms with Crippen LogP contribution in [0.3, 0.4) is 0 Å². The first kappa shape index (κ1) is 25.0. The monoisotopic (exact) mass is 496 g/mol. The third kappa shape index (κ3) is 6.48. The highest BCUT2D eigenvalue weighted by atomic mass is 35.5. The van der Waals surface area contributed by atoms with E-state index in [1.807, 2.05) is 23.1 Å². The third-order valence-electron chi connectivity index (χ3n) is 5.37. The van der Waals surface area contributed by atoms with Crippen LogP contribution in [0.4, 0.5) is 5.82 Å². The summed E-state index contributed by atoms with van der Waals surface area (Å²) < 4.78 is 16.1. The minimum absolute atomic E-state index is 0.0783. The molecule has 178 valence electrons. The number of carbonyl (C=O) groups is 2. The molecule has 1 fully saturated rings. The molecule has 0 radical (unpaired) electrons. The van der Waals surface area contributed by atoms with Crippen LogP contribution in [-0.4, -0.2) is 67.8 Å². The molecule has 0 bridgehead atoms. The maximum Gasteiger partial charge on any atom is 0.320 e. The van der Waals surface area contributed by atoms with Crippen LogP contribution in [0.1, 0.15) is 22.3 Å². The number of rotatable bonds is 8. The van der Waals surface area contributed by atoms with E-state index < -0.39 is 5.91 Å². The van der Waals surface area contributed by atoms with Crippen molar-refractivity contribution in [3.63, 3.8) is 0 Å². The van der Waals surface area contributed by atoms with E-state index in [0.29, 0.717) is 24.5 Å². The number of hydrogen-bond donors (Lipinski definition) is 2. The lowest BCUT2D eigenvalue weighted by Crippen LogP contribution is -2.55. The van der Waals surface area contributed by atoms with Gasteiger partial charge in [-0.15, -0.1) is 0 Å². The zero-order chi connectivity index (χ0) is 24.0. The van der Waals surface area contributed by atoms with Crippen molar-refractivity contribution in [1.29, 1.82) is 0 Å². The van der Waals surface area contributed by atoms with Crippen molar-refractivity contribution in [3.05, 3.63) is 51.5 Å². The fourth-order valence-corrected chi connectivity index (χ4v) is 3.92. The molecule has 33 heavy (non-hydrogen) atoms. The lowest BCUT2D eigenvalue weighted by molar-refractivity contribution is -0.147. The van der Waals surface area contributed by atoms with Crippen molar-refractivity contribution < 1.29 is 23.8 Å². The standard InChI is InChI=1S/C22H26Cl2N4O5/c1-31-18-10-28(11-19(29)33-12-13-5-3-4-6-15(13)23)8-7-17(18)26-21(30)14-9-16(24)20(25)27-22(14)32-2/h3-6,9,17-18H,7-8,10-12H2,1-2H3,(H2,25,27)(H,26,30)/t17-,18+/m0/s1. The first-order valence-corrected chi connectivity index (χ1v) is 11.0. The number of amides is 1. The van der Waals surface area contributed by atoms with Gasteiger partial charge >= 0.3 is 5.97 Å². The molecular formula is C22H26Cl2N4O5. The second-order valence-electron chi connectivity index (χ2n) is 7.54. The molecule has 3 rings (SSSR count). The minimum Gasteiger partial charge on any atom is -0.480 e. The van der Waals surface area contributed by atoms with Gasteiger partial charge in [0, 0.05) is 30.8 Å². The van der Waals surface area contributed by atoms with Gasteiger partial charge in [0.1, 0.15) is 18.0 Å². The quantitative estimate of drug-likeness (QED) is 0.535. The number of methoxy groups -OCH3 is 2. The van der Waals surface area contributed by atoms with Crippen LogP contribution in [0.5, 0.6) is 5.88 Å². The second kappa shape index (κ2) is 11.5. The molecule has 0 unspecified atom stereocenters. The van der Waals surface area contributed by atoms with Crippen LogP contribution in [0, 0.1) is 0 Å². The number of hydrogen-bond acceptors (Lipinski definition) is 8. The Morgan fingerprint density at radius 2 is 2.00 bits per heavy atom. The van der Waals surface area contributed by atoms with E-state index in [-0.39, 0.29) is 53.6 Å². The summed E-state index contributed by atoms with van der Waals surface area (Å²) in [7, 11) is 2.96. The molecule has 11 heteroatoms. The zero-order valence-corrected chi connectivity index (χ0v) is 19.9. The highest BCUT2D eigenvalue weighted by molar-refractivity contribution is 6.33. The summed E-state index contributed by atoms with van der Waals surface area (Å²) in [5.41, 5.74) is 6.61. The molecule has 1 amide bonds. The highest BCUT2D eigenvalue weighted by Gasteiger charge is 2.32. The Hall–Kier alpha value is -2.59. The number of benzene rings is 1. The van der Waals surface area contributed by atoms with Gasteiger partial charge in [-0.25, -0.2) is 0 Å². The summed E-state index contributed by atoms with van der Waals surface area (Å²) in [5.74, 6) is -0.600. The summed E-state index contributed by atoms with van der Waals surface area (Å²) in [6.07, 6.45) is 0.239. The lowest BCUT2D eigenvalue weighted by Gasteiger charge is -2.37. The summed E-state index contributed by atoms with van der Waals surface area (Å²) in [6.45, 7) is 1.24. The molecule has 0 spiro atoms.